The molecule has 30 heavy (non-hydrogen) atoms. The van der Waals surface area contributed by atoms with Crippen LogP contribution in [0.5, 0.6) is 0 Å². The zero-order valence-corrected chi connectivity index (χ0v) is 17.4. The van der Waals surface area contributed by atoms with E-state index in [2.05, 4.69) is 20.4 Å². The highest BCUT2D eigenvalue weighted by molar-refractivity contribution is 5.80. The molecule has 1 amide bonds. The Bertz CT molecular complexity index is 846. The van der Waals surface area contributed by atoms with Crippen LogP contribution in [0, 0.1) is 18.7 Å². The van der Waals surface area contributed by atoms with Gasteiger partial charge in [-0.05, 0) is 53.8 Å². The summed E-state index contributed by atoms with van der Waals surface area (Å²) < 4.78 is 20.7. The van der Waals surface area contributed by atoms with E-state index in [1.54, 1.807) is 17.7 Å². The number of rotatable bonds is 6. The van der Waals surface area contributed by atoms with Crippen molar-refractivity contribution in [1.82, 2.24) is 30.0 Å². The van der Waals surface area contributed by atoms with Gasteiger partial charge in [0.1, 0.15) is 17.7 Å². The molecule has 1 aromatic carbocycles. The number of morpholine rings is 1. The van der Waals surface area contributed by atoms with E-state index in [1.165, 1.54) is 12.1 Å². The fourth-order valence-corrected chi connectivity index (χ4v) is 4.39. The van der Waals surface area contributed by atoms with Crippen LogP contribution in [0.1, 0.15) is 30.3 Å². The van der Waals surface area contributed by atoms with E-state index in [-0.39, 0.29) is 11.7 Å². The van der Waals surface area contributed by atoms with Gasteiger partial charge in [-0.25, -0.2) is 9.07 Å². The van der Waals surface area contributed by atoms with Gasteiger partial charge >= 0.3 is 0 Å². The van der Waals surface area contributed by atoms with Gasteiger partial charge in [0.05, 0.1) is 13.2 Å². The Balaban J connectivity index is 1.41. The minimum absolute atomic E-state index is 0.000478. The molecule has 2 aromatic rings. The van der Waals surface area contributed by atoms with Crippen molar-refractivity contribution in [1.29, 1.82) is 0 Å². The Morgan fingerprint density at radius 3 is 2.67 bits per heavy atom. The summed E-state index contributed by atoms with van der Waals surface area (Å²) in [5.74, 6) is 0.867. The summed E-state index contributed by atoms with van der Waals surface area (Å²) in [7, 11) is 0. The fraction of sp³-hybridized carbons (Fsp3) is 0.619. The molecule has 1 atom stereocenters. The largest absolute Gasteiger partial charge is 0.379 e. The van der Waals surface area contributed by atoms with E-state index < -0.39 is 6.04 Å². The smallest absolute Gasteiger partial charge is 0.247 e. The molecular formula is C21H29FN6O2. The van der Waals surface area contributed by atoms with E-state index in [1.807, 2.05) is 11.0 Å². The number of carbonyl (C=O) groups excluding carboxylic acids is 1. The molecule has 4 rings (SSSR count). The Kier molecular flexibility index (Phi) is 6.69. The van der Waals surface area contributed by atoms with E-state index in [9.17, 15) is 9.18 Å². The monoisotopic (exact) mass is 416 g/mol. The first-order chi connectivity index (χ1) is 14.6. The van der Waals surface area contributed by atoms with Crippen molar-refractivity contribution >= 4 is 5.91 Å². The van der Waals surface area contributed by atoms with Gasteiger partial charge in [-0.2, -0.15) is 0 Å². The number of hydrogen-bond acceptors (Lipinski definition) is 6. The summed E-state index contributed by atoms with van der Waals surface area (Å²) in [4.78, 5) is 17.8. The quantitative estimate of drug-likeness (QED) is 0.710. The topological polar surface area (TPSA) is 76.4 Å². The molecule has 2 aliphatic heterocycles. The molecule has 162 valence electrons. The van der Waals surface area contributed by atoms with Gasteiger partial charge in [-0.3, -0.25) is 9.69 Å². The summed E-state index contributed by atoms with van der Waals surface area (Å²) in [6, 6.07) is 5.79. The number of halogens is 1. The highest BCUT2D eigenvalue weighted by atomic mass is 19.1. The first-order valence-corrected chi connectivity index (χ1v) is 10.7. The molecule has 2 aliphatic rings. The zero-order chi connectivity index (χ0) is 20.9. The molecule has 0 radical (unpaired) electrons. The summed E-state index contributed by atoms with van der Waals surface area (Å²) in [6.45, 7) is 7.92. The number of amides is 1. The Morgan fingerprint density at radius 2 is 2.00 bits per heavy atom. The second-order valence-corrected chi connectivity index (χ2v) is 8.20. The first-order valence-electron chi connectivity index (χ1n) is 10.7. The van der Waals surface area contributed by atoms with Crippen molar-refractivity contribution in [3.63, 3.8) is 0 Å². The van der Waals surface area contributed by atoms with Gasteiger partial charge in [-0.15, -0.1) is 5.10 Å². The molecule has 0 aliphatic carbocycles. The summed E-state index contributed by atoms with van der Waals surface area (Å²) >= 11 is 0. The third kappa shape index (κ3) is 5.02. The molecule has 9 heteroatoms. The first kappa shape index (κ1) is 20.9. The van der Waals surface area contributed by atoms with Crippen LogP contribution in [0.15, 0.2) is 24.3 Å². The third-order valence-corrected chi connectivity index (χ3v) is 6.10. The zero-order valence-electron chi connectivity index (χ0n) is 17.4. The lowest BCUT2D eigenvalue weighted by Crippen LogP contribution is -2.46. The molecule has 2 saturated heterocycles. The average Bonchev–Trinajstić information content (AvgIpc) is 3.18. The van der Waals surface area contributed by atoms with Crippen molar-refractivity contribution in [2.45, 2.75) is 32.2 Å². The van der Waals surface area contributed by atoms with Crippen LogP contribution in [0.3, 0.4) is 0 Å². The number of aromatic nitrogens is 4. The van der Waals surface area contributed by atoms with Crippen LogP contribution in [-0.2, 0) is 16.0 Å². The summed E-state index contributed by atoms with van der Waals surface area (Å²) in [6.07, 6.45) is 2.34. The van der Waals surface area contributed by atoms with Gasteiger partial charge in [0.25, 0.3) is 0 Å². The van der Waals surface area contributed by atoms with Crippen molar-refractivity contribution in [3.05, 3.63) is 41.5 Å². The van der Waals surface area contributed by atoms with Crippen LogP contribution in [0.2, 0.25) is 0 Å². The van der Waals surface area contributed by atoms with E-state index in [0.717, 1.165) is 64.3 Å². The number of likely N-dealkylation sites (tertiary alicyclic amines) is 1. The predicted octanol–water partition coefficient (Wildman–Crippen LogP) is 1.48. The maximum Gasteiger partial charge on any atom is 0.247 e. The molecule has 0 saturated carbocycles. The number of ether oxygens (including phenoxy) is 1. The molecule has 0 spiro atoms. The second kappa shape index (κ2) is 9.61. The molecule has 2 fully saturated rings. The van der Waals surface area contributed by atoms with Gasteiger partial charge in [0.15, 0.2) is 0 Å². The Labute approximate surface area is 176 Å². The second-order valence-electron chi connectivity index (χ2n) is 8.20. The fourth-order valence-electron chi connectivity index (χ4n) is 4.39. The minimum atomic E-state index is -0.572. The Morgan fingerprint density at radius 1 is 1.23 bits per heavy atom. The standard InChI is InChI=1S/C21H29FN6O2/c1-16-23-24-25-28(16)20(14-18-3-2-4-19(22)13-18)21(29)27-7-5-17(6-8-27)15-26-9-11-30-12-10-26/h2-4,13,17,20H,5-12,14-15H2,1H3. The lowest BCUT2D eigenvalue weighted by molar-refractivity contribution is -0.136. The van der Waals surface area contributed by atoms with E-state index in [4.69, 9.17) is 4.74 Å². The molecular weight excluding hydrogens is 387 g/mol. The van der Waals surface area contributed by atoms with Gasteiger partial charge in [0.2, 0.25) is 5.91 Å². The number of tetrazole rings is 1. The normalized spacial score (nSPS) is 19.7. The van der Waals surface area contributed by atoms with E-state index >= 15 is 0 Å². The van der Waals surface area contributed by atoms with Crippen LogP contribution >= 0.6 is 0 Å². The van der Waals surface area contributed by atoms with Crippen LogP contribution < -0.4 is 0 Å². The lowest BCUT2D eigenvalue weighted by atomic mass is 9.95. The molecule has 1 unspecified atom stereocenters. The van der Waals surface area contributed by atoms with Crippen molar-refractivity contribution in [2.24, 2.45) is 5.92 Å². The van der Waals surface area contributed by atoms with Gasteiger partial charge in [-0.1, -0.05) is 12.1 Å². The summed E-state index contributed by atoms with van der Waals surface area (Å²) in [5.41, 5.74) is 0.755. The Hall–Kier alpha value is -2.39. The molecule has 8 nitrogen and oxygen atoms in total. The molecule has 0 bridgehead atoms. The average molecular weight is 417 g/mol. The highest BCUT2D eigenvalue weighted by Gasteiger charge is 2.32. The lowest BCUT2D eigenvalue weighted by Gasteiger charge is -2.37. The van der Waals surface area contributed by atoms with Crippen LogP contribution in [0.4, 0.5) is 4.39 Å². The third-order valence-electron chi connectivity index (χ3n) is 6.10. The van der Waals surface area contributed by atoms with Crippen molar-refractivity contribution < 1.29 is 13.9 Å². The number of aryl methyl sites for hydroxylation is 1. The van der Waals surface area contributed by atoms with Crippen molar-refractivity contribution in [2.75, 3.05) is 45.9 Å². The van der Waals surface area contributed by atoms with Crippen molar-refractivity contribution in [3.8, 4) is 0 Å². The maximum absolute atomic E-state index is 13.7. The van der Waals surface area contributed by atoms with Gasteiger partial charge in [0, 0.05) is 39.1 Å². The molecule has 0 N–H and O–H groups in total. The predicted molar refractivity (Wildman–Crippen MR) is 108 cm³/mol. The number of hydrogen-bond donors (Lipinski definition) is 0. The van der Waals surface area contributed by atoms with Crippen LogP contribution in [0.25, 0.3) is 0 Å². The molecule has 3 heterocycles. The number of nitrogens with zero attached hydrogens (tertiary/aromatic N) is 6. The van der Waals surface area contributed by atoms with Gasteiger partial charge < -0.3 is 9.64 Å². The number of piperidine rings is 1. The SMILES string of the molecule is Cc1nnnn1C(Cc1cccc(F)c1)C(=O)N1CCC(CN2CCOCC2)CC1. The minimum Gasteiger partial charge on any atom is -0.379 e. The summed E-state index contributed by atoms with van der Waals surface area (Å²) in [5, 5.41) is 11.7. The maximum atomic E-state index is 13.7. The van der Waals surface area contributed by atoms with Crippen LogP contribution in [-0.4, -0.2) is 81.9 Å². The molecule has 1 aromatic heterocycles. The van der Waals surface area contributed by atoms with E-state index in [0.29, 0.717) is 18.2 Å². The highest BCUT2D eigenvalue weighted by Crippen LogP contribution is 2.24. The number of carbonyl (C=O) groups is 1. The number of benzene rings is 1.